The molecule has 0 bridgehead atoms. The average molecular weight is 470 g/mol. The van der Waals surface area contributed by atoms with Gasteiger partial charge in [0.25, 0.3) is 11.5 Å². The standard InChI is InChI=1S/C27H20FN3O2S/c1-17-8-9-18(2)23(14-17)30-25(32)22(16-29)27-31(21-6-4-3-5-7-21)26(33)24(34-27)15-19-10-12-20(28)13-11-19/h3-15H,1-2H3,(H,30,32)/b24-15+,27-22+. The fourth-order valence-electron chi connectivity index (χ4n) is 3.42. The third-order valence-electron chi connectivity index (χ3n) is 5.20. The second kappa shape index (κ2) is 9.69. The van der Waals surface area contributed by atoms with E-state index in [-0.39, 0.29) is 21.6 Å². The van der Waals surface area contributed by atoms with Crippen molar-refractivity contribution < 1.29 is 9.18 Å². The number of nitrogens with one attached hydrogen (secondary N) is 1. The molecule has 0 aliphatic carbocycles. The van der Waals surface area contributed by atoms with Crippen molar-refractivity contribution >= 4 is 34.6 Å². The zero-order valence-electron chi connectivity index (χ0n) is 18.5. The van der Waals surface area contributed by atoms with Gasteiger partial charge in [0.1, 0.15) is 16.5 Å². The first-order chi connectivity index (χ1) is 16.4. The second-order valence-electron chi connectivity index (χ2n) is 7.70. The van der Waals surface area contributed by atoms with Gasteiger partial charge in [0.2, 0.25) is 0 Å². The van der Waals surface area contributed by atoms with E-state index in [1.54, 1.807) is 42.5 Å². The summed E-state index contributed by atoms with van der Waals surface area (Å²) in [5.41, 5.74) is 3.03. The number of amides is 1. The highest BCUT2D eigenvalue weighted by atomic mass is 32.1. The van der Waals surface area contributed by atoms with Crippen LogP contribution in [0, 0.1) is 31.0 Å². The largest absolute Gasteiger partial charge is 0.321 e. The normalized spacial score (nSPS) is 12.2. The zero-order valence-corrected chi connectivity index (χ0v) is 19.3. The monoisotopic (exact) mass is 469 g/mol. The van der Waals surface area contributed by atoms with E-state index in [4.69, 9.17) is 0 Å². The molecule has 4 aromatic rings. The van der Waals surface area contributed by atoms with Gasteiger partial charge in [0, 0.05) is 5.69 Å². The van der Waals surface area contributed by atoms with E-state index in [9.17, 15) is 19.2 Å². The Morgan fingerprint density at radius 3 is 2.44 bits per heavy atom. The molecule has 3 aromatic carbocycles. The molecule has 0 saturated carbocycles. The molecule has 0 fully saturated rings. The number of carbonyl (C=O) groups excluding carboxylic acids is 1. The van der Waals surface area contributed by atoms with Gasteiger partial charge in [-0.1, -0.05) is 42.5 Å². The molecular weight excluding hydrogens is 449 g/mol. The summed E-state index contributed by atoms with van der Waals surface area (Å²) in [7, 11) is 0. The molecule has 0 radical (unpaired) electrons. The van der Waals surface area contributed by atoms with E-state index >= 15 is 0 Å². The van der Waals surface area contributed by atoms with Crippen LogP contribution in [0.25, 0.3) is 17.3 Å². The van der Waals surface area contributed by atoms with Crippen LogP contribution in [0.1, 0.15) is 16.7 Å². The highest BCUT2D eigenvalue weighted by Crippen LogP contribution is 2.17. The van der Waals surface area contributed by atoms with Gasteiger partial charge >= 0.3 is 0 Å². The third-order valence-corrected chi connectivity index (χ3v) is 6.29. The van der Waals surface area contributed by atoms with Crippen molar-refractivity contribution in [1.82, 2.24) is 4.57 Å². The van der Waals surface area contributed by atoms with Gasteiger partial charge in [-0.3, -0.25) is 14.2 Å². The summed E-state index contributed by atoms with van der Waals surface area (Å²) < 4.78 is 15.2. The molecular formula is C27H20FN3O2S. The number of nitriles is 1. The summed E-state index contributed by atoms with van der Waals surface area (Å²) in [4.78, 5) is 26.6. The third kappa shape index (κ3) is 4.72. The number of nitrogens with zero attached hydrogens (tertiary/aromatic N) is 2. The van der Waals surface area contributed by atoms with Crippen molar-refractivity contribution in [3.05, 3.63) is 115 Å². The number of hydrogen-bond donors (Lipinski definition) is 1. The molecule has 1 amide bonds. The van der Waals surface area contributed by atoms with E-state index in [0.717, 1.165) is 22.5 Å². The molecule has 0 aliphatic heterocycles. The molecule has 4 rings (SSSR count). The minimum atomic E-state index is -0.601. The smallest absolute Gasteiger partial charge is 0.273 e. The first kappa shape index (κ1) is 22.9. The number of halogens is 1. The molecule has 0 spiro atoms. The molecule has 0 saturated heterocycles. The van der Waals surface area contributed by atoms with Crippen LogP contribution in [0.5, 0.6) is 0 Å². The fourth-order valence-corrected chi connectivity index (χ4v) is 4.52. The number of benzene rings is 3. The van der Waals surface area contributed by atoms with Crippen molar-refractivity contribution in [3.8, 4) is 11.8 Å². The molecule has 0 atom stereocenters. The van der Waals surface area contributed by atoms with Crippen LogP contribution in [0.15, 0.2) is 77.6 Å². The zero-order chi connectivity index (χ0) is 24.2. The summed E-state index contributed by atoms with van der Waals surface area (Å²) in [5.74, 6) is -0.982. The molecule has 1 aromatic heterocycles. The maximum absolute atomic E-state index is 13.4. The van der Waals surface area contributed by atoms with Crippen LogP contribution in [0.2, 0.25) is 0 Å². The number of carbonyl (C=O) groups is 1. The number of rotatable bonds is 4. The fraction of sp³-hybridized carbons (Fsp3) is 0.0741. The van der Waals surface area contributed by atoms with Crippen LogP contribution >= 0.6 is 11.3 Å². The van der Waals surface area contributed by atoms with E-state index in [1.807, 2.05) is 44.2 Å². The Labute approximate surface area is 199 Å². The summed E-state index contributed by atoms with van der Waals surface area (Å²) in [5, 5.41) is 12.7. The van der Waals surface area contributed by atoms with Crippen molar-refractivity contribution in [2.24, 2.45) is 0 Å². The molecule has 0 unspecified atom stereocenters. The Morgan fingerprint density at radius 2 is 1.76 bits per heavy atom. The second-order valence-corrected chi connectivity index (χ2v) is 8.73. The molecule has 5 nitrogen and oxygen atoms in total. The minimum absolute atomic E-state index is 0.175. The van der Waals surface area contributed by atoms with Crippen LogP contribution in [-0.4, -0.2) is 10.5 Å². The van der Waals surface area contributed by atoms with Crippen molar-refractivity contribution in [2.75, 3.05) is 5.32 Å². The summed E-state index contributed by atoms with van der Waals surface area (Å²) >= 11 is 1.04. The number of hydrogen-bond acceptors (Lipinski definition) is 4. The van der Waals surface area contributed by atoms with Crippen LogP contribution < -0.4 is 20.1 Å². The van der Waals surface area contributed by atoms with E-state index in [1.165, 1.54) is 16.7 Å². The summed E-state index contributed by atoms with van der Waals surface area (Å²) in [6.07, 6.45) is 1.62. The number of para-hydroxylation sites is 1. The molecule has 7 heteroatoms. The Bertz CT molecular complexity index is 1600. The lowest BCUT2D eigenvalue weighted by atomic mass is 10.1. The van der Waals surface area contributed by atoms with E-state index in [2.05, 4.69) is 5.32 Å². The topological polar surface area (TPSA) is 74.9 Å². The molecule has 1 heterocycles. The lowest BCUT2D eigenvalue weighted by Gasteiger charge is -2.09. The van der Waals surface area contributed by atoms with Crippen molar-refractivity contribution in [2.45, 2.75) is 13.8 Å². The van der Waals surface area contributed by atoms with Crippen LogP contribution in [-0.2, 0) is 4.79 Å². The van der Waals surface area contributed by atoms with Crippen LogP contribution in [0.4, 0.5) is 10.1 Å². The number of anilines is 1. The lowest BCUT2D eigenvalue weighted by Crippen LogP contribution is -2.32. The van der Waals surface area contributed by atoms with Gasteiger partial charge in [-0.25, -0.2) is 4.39 Å². The molecule has 34 heavy (non-hydrogen) atoms. The highest BCUT2D eigenvalue weighted by Gasteiger charge is 2.18. The van der Waals surface area contributed by atoms with Gasteiger partial charge in [-0.15, -0.1) is 11.3 Å². The Balaban J connectivity index is 1.95. The Hall–Kier alpha value is -4.28. The highest BCUT2D eigenvalue weighted by molar-refractivity contribution is 7.07. The van der Waals surface area contributed by atoms with Gasteiger partial charge in [0.05, 0.1) is 10.2 Å². The van der Waals surface area contributed by atoms with E-state index in [0.29, 0.717) is 21.5 Å². The van der Waals surface area contributed by atoms with Gasteiger partial charge in [0.15, 0.2) is 5.57 Å². The lowest BCUT2D eigenvalue weighted by molar-refractivity contribution is -0.111. The van der Waals surface area contributed by atoms with Gasteiger partial charge in [-0.05, 0) is 66.9 Å². The quantitative estimate of drug-likeness (QED) is 0.494. The maximum Gasteiger partial charge on any atom is 0.273 e. The average Bonchev–Trinajstić information content (AvgIpc) is 3.14. The van der Waals surface area contributed by atoms with Gasteiger partial charge in [-0.2, -0.15) is 5.26 Å². The van der Waals surface area contributed by atoms with Crippen LogP contribution in [0.3, 0.4) is 0 Å². The maximum atomic E-state index is 13.4. The van der Waals surface area contributed by atoms with Crippen molar-refractivity contribution in [1.29, 1.82) is 5.26 Å². The molecule has 0 aliphatic rings. The first-order valence-corrected chi connectivity index (χ1v) is 11.3. The predicted molar refractivity (Wildman–Crippen MR) is 133 cm³/mol. The summed E-state index contributed by atoms with van der Waals surface area (Å²) in [6.45, 7) is 3.77. The Morgan fingerprint density at radius 1 is 1.06 bits per heavy atom. The van der Waals surface area contributed by atoms with E-state index < -0.39 is 5.91 Å². The first-order valence-electron chi connectivity index (χ1n) is 10.4. The van der Waals surface area contributed by atoms with Gasteiger partial charge < -0.3 is 5.32 Å². The Kier molecular flexibility index (Phi) is 6.53. The predicted octanol–water partition coefficient (Wildman–Crippen LogP) is 3.80. The number of thiazole rings is 1. The molecule has 168 valence electrons. The van der Waals surface area contributed by atoms with Crippen molar-refractivity contribution in [3.63, 3.8) is 0 Å². The summed E-state index contributed by atoms with van der Waals surface area (Å²) in [6, 6.07) is 22.2. The number of aryl methyl sites for hydroxylation is 2. The number of aromatic nitrogens is 1. The minimum Gasteiger partial charge on any atom is -0.321 e. The molecule has 1 N–H and O–H groups in total. The SMILES string of the molecule is Cc1ccc(C)c(NC(=O)/C(C#N)=c2/s/c(=C/c3ccc(F)cc3)c(=O)n2-c2ccccc2)c1.